The molecule has 0 bridgehead atoms. The van der Waals surface area contributed by atoms with Gasteiger partial charge < -0.3 is 9.47 Å². The van der Waals surface area contributed by atoms with E-state index in [4.69, 9.17) is 4.65 Å². The first-order valence-electron chi connectivity index (χ1n) is 8.68. The van der Waals surface area contributed by atoms with Gasteiger partial charge in [-0.05, 0) is 37.3 Å². The second kappa shape index (κ2) is 7.80. The number of benzene rings is 1. The van der Waals surface area contributed by atoms with Crippen LogP contribution in [-0.2, 0) is 10.3 Å². The molecule has 1 aromatic rings. The molecule has 2 aliphatic rings. The quantitative estimate of drug-likeness (QED) is 0.584. The minimum absolute atomic E-state index is 0.130. The van der Waals surface area contributed by atoms with Crippen LogP contribution < -0.4 is 0 Å². The van der Waals surface area contributed by atoms with Crippen molar-refractivity contribution >= 4 is 7.05 Å². The molecule has 2 aliphatic heterocycles. The normalized spacial score (nSPS) is 27.2. The second-order valence-corrected chi connectivity index (χ2v) is 5.78. The largest absolute Gasteiger partial charge is 0.406 e. The highest BCUT2D eigenvalue weighted by Gasteiger charge is 2.56. The van der Waals surface area contributed by atoms with E-state index in [-0.39, 0.29) is 7.05 Å². The lowest BCUT2D eigenvalue weighted by molar-refractivity contribution is 0.105. The Morgan fingerprint density at radius 1 is 1.30 bits per heavy atom. The van der Waals surface area contributed by atoms with Crippen LogP contribution in [0.5, 0.6) is 0 Å². The van der Waals surface area contributed by atoms with Crippen molar-refractivity contribution in [3.05, 3.63) is 72.9 Å². The summed E-state index contributed by atoms with van der Waals surface area (Å²) in [5, 5.41) is 0. The van der Waals surface area contributed by atoms with E-state index in [0.29, 0.717) is 6.04 Å². The van der Waals surface area contributed by atoms with Gasteiger partial charge in [-0.25, -0.2) is 0 Å². The van der Waals surface area contributed by atoms with Gasteiger partial charge in [0.15, 0.2) is 0 Å². The molecular formula is C20H28BNO. The molecule has 3 heteroatoms. The Kier molecular flexibility index (Phi) is 6.03. The van der Waals surface area contributed by atoms with E-state index >= 15 is 0 Å². The van der Waals surface area contributed by atoms with Crippen molar-refractivity contribution in [2.45, 2.75) is 45.2 Å². The zero-order valence-electron chi connectivity index (χ0n) is 14.7. The Morgan fingerprint density at radius 3 is 2.61 bits per heavy atom. The highest BCUT2D eigenvalue weighted by molar-refractivity contribution is 6.48. The molecule has 23 heavy (non-hydrogen) atoms. The SMILES string of the molecule is C=C/C=C(\C=C)C1(c2ccccc2)OB(C)N2CCCC21.CC. The van der Waals surface area contributed by atoms with E-state index in [1.165, 1.54) is 12.0 Å². The third-order valence-corrected chi connectivity index (χ3v) is 4.74. The molecular weight excluding hydrogens is 281 g/mol. The fourth-order valence-electron chi connectivity index (χ4n) is 3.92. The van der Waals surface area contributed by atoms with Gasteiger partial charge in [0.25, 0.3) is 0 Å². The monoisotopic (exact) mass is 309 g/mol. The lowest BCUT2D eigenvalue weighted by atomic mass is 9.79. The Hall–Kier alpha value is -1.58. The summed E-state index contributed by atoms with van der Waals surface area (Å²) in [6.45, 7) is 15.1. The van der Waals surface area contributed by atoms with Crippen molar-refractivity contribution in [2.75, 3.05) is 6.54 Å². The summed E-state index contributed by atoms with van der Waals surface area (Å²) >= 11 is 0. The average Bonchev–Trinajstić information content (AvgIpc) is 3.19. The van der Waals surface area contributed by atoms with E-state index < -0.39 is 5.60 Å². The van der Waals surface area contributed by atoms with Crippen LogP contribution in [0.1, 0.15) is 32.3 Å². The van der Waals surface area contributed by atoms with Gasteiger partial charge in [0, 0.05) is 6.04 Å². The van der Waals surface area contributed by atoms with Crippen molar-refractivity contribution in [1.29, 1.82) is 0 Å². The van der Waals surface area contributed by atoms with Gasteiger partial charge in [-0.3, -0.25) is 0 Å². The Bertz CT molecular complexity index is 568. The summed E-state index contributed by atoms with van der Waals surface area (Å²) in [6, 6.07) is 10.9. The zero-order chi connectivity index (χ0) is 16.9. The highest BCUT2D eigenvalue weighted by atomic mass is 16.5. The molecule has 122 valence electrons. The predicted molar refractivity (Wildman–Crippen MR) is 100 cm³/mol. The van der Waals surface area contributed by atoms with Gasteiger partial charge in [-0.1, -0.05) is 75.6 Å². The topological polar surface area (TPSA) is 12.5 Å². The maximum atomic E-state index is 6.55. The van der Waals surface area contributed by atoms with Gasteiger partial charge in [0.2, 0.25) is 0 Å². The lowest BCUT2D eigenvalue weighted by Gasteiger charge is -2.37. The summed E-state index contributed by atoms with van der Waals surface area (Å²) in [5.74, 6) is 0. The first-order valence-corrected chi connectivity index (χ1v) is 8.68. The number of allylic oxidation sites excluding steroid dienone is 2. The number of fused-ring (bicyclic) bond motifs is 1. The van der Waals surface area contributed by atoms with E-state index in [9.17, 15) is 0 Å². The minimum atomic E-state index is -0.423. The summed E-state index contributed by atoms with van der Waals surface area (Å²) in [4.78, 5) is 2.48. The Morgan fingerprint density at radius 2 is 2.00 bits per heavy atom. The molecule has 2 unspecified atom stereocenters. The van der Waals surface area contributed by atoms with Crippen LogP contribution in [0.4, 0.5) is 0 Å². The molecule has 2 fully saturated rings. The van der Waals surface area contributed by atoms with Crippen molar-refractivity contribution < 1.29 is 4.65 Å². The molecule has 1 aromatic carbocycles. The van der Waals surface area contributed by atoms with Gasteiger partial charge in [-0.15, -0.1) is 0 Å². The summed E-state index contributed by atoms with van der Waals surface area (Å²) in [6.07, 6.45) is 8.16. The van der Waals surface area contributed by atoms with Crippen LogP contribution in [0.25, 0.3) is 0 Å². The number of rotatable bonds is 4. The zero-order valence-corrected chi connectivity index (χ0v) is 14.7. The fourth-order valence-corrected chi connectivity index (χ4v) is 3.92. The van der Waals surface area contributed by atoms with E-state index in [2.05, 4.69) is 49.1 Å². The maximum absolute atomic E-state index is 6.55. The smallest absolute Gasteiger partial charge is 0.380 e. The highest BCUT2D eigenvalue weighted by Crippen LogP contribution is 2.49. The Labute approximate surface area is 141 Å². The van der Waals surface area contributed by atoms with Gasteiger partial charge in [0.1, 0.15) is 5.60 Å². The lowest BCUT2D eigenvalue weighted by Crippen LogP contribution is -2.41. The van der Waals surface area contributed by atoms with Gasteiger partial charge in [-0.2, -0.15) is 0 Å². The molecule has 0 saturated carbocycles. The van der Waals surface area contributed by atoms with Crippen LogP contribution in [0.2, 0.25) is 6.82 Å². The molecule has 0 aliphatic carbocycles. The summed E-state index contributed by atoms with van der Waals surface area (Å²) in [7, 11) is 0.130. The number of nitrogens with zero attached hydrogens (tertiary/aromatic N) is 1. The molecule has 0 spiro atoms. The molecule has 2 saturated heterocycles. The van der Waals surface area contributed by atoms with Crippen molar-refractivity contribution in [2.24, 2.45) is 0 Å². The molecule has 2 nitrogen and oxygen atoms in total. The standard InChI is InChI=1S/C18H22BNO.C2H6/c1-4-10-15(5-2)18(16-11-7-6-8-12-16)17-13-9-14-20(17)19(3)21-18;1-2/h4-8,10-12,17H,1-2,9,13-14H2,3H3;1-2H3/b15-10+;. The van der Waals surface area contributed by atoms with E-state index in [1.807, 2.05) is 38.1 Å². The average molecular weight is 309 g/mol. The maximum Gasteiger partial charge on any atom is 0.380 e. The van der Waals surface area contributed by atoms with Gasteiger partial charge >= 0.3 is 7.05 Å². The molecule has 0 N–H and O–H groups in total. The minimum Gasteiger partial charge on any atom is -0.406 e. The molecule has 2 heterocycles. The third-order valence-electron chi connectivity index (χ3n) is 4.74. The van der Waals surface area contributed by atoms with Crippen molar-refractivity contribution in [1.82, 2.24) is 4.81 Å². The molecule has 0 aromatic heterocycles. The van der Waals surface area contributed by atoms with E-state index in [1.54, 1.807) is 0 Å². The van der Waals surface area contributed by atoms with Crippen LogP contribution in [-0.4, -0.2) is 24.4 Å². The summed E-state index contributed by atoms with van der Waals surface area (Å²) in [5.41, 5.74) is 1.89. The Balaban J connectivity index is 0.000000924. The fraction of sp³-hybridized carbons (Fsp3) is 0.400. The van der Waals surface area contributed by atoms with Crippen LogP contribution >= 0.6 is 0 Å². The van der Waals surface area contributed by atoms with E-state index in [0.717, 1.165) is 18.5 Å². The molecule has 2 atom stereocenters. The number of hydrogen-bond acceptors (Lipinski definition) is 2. The van der Waals surface area contributed by atoms with Gasteiger partial charge in [0.05, 0.1) is 0 Å². The summed E-state index contributed by atoms with van der Waals surface area (Å²) < 4.78 is 6.55. The molecule has 3 rings (SSSR count). The van der Waals surface area contributed by atoms with Crippen molar-refractivity contribution in [3.8, 4) is 0 Å². The molecule has 0 amide bonds. The van der Waals surface area contributed by atoms with Crippen molar-refractivity contribution in [3.63, 3.8) is 0 Å². The number of hydrogen-bond donors (Lipinski definition) is 0. The molecule has 0 radical (unpaired) electrons. The second-order valence-electron chi connectivity index (χ2n) is 5.78. The van der Waals surface area contributed by atoms with Crippen LogP contribution in [0.3, 0.4) is 0 Å². The third kappa shape index (κ3) is 2.96. The first kappa shape index (κ1) is 17.8. The predicted octanol–water partition coefficient (Wildman–Crippen LogP) is 4.82. The van der Waals surface area contributed by atoms with Crippen LogP contribution in [0, 0.1) is 0 Å². The first-order chi connectivity index (χ1) is 11.2. The van der Waals surface area contributed by atoms with Crippen LogP contribution in [0.15, 0.2) is 67.3 Å².